The highest BCUT2D eigenvalue weighted by atomic mass is 16.4. The van der Waals surface area contributed by atoms with Gasteiger partial charge in [-0.1, -0.05) is 18.2 Å². The molecule has 2 aromatic rings. The van der Waals surface area contributed by atoms with Gasteiger partial charge in [-0.05, 0) is 38.4 Å². The Hall–Kier alpha value is -2.14. The van der Waals surface area contributed by atoms with Crippen molar-refractivity contribution in [1.82, 2.24) is 15.2 Å². The first-order chi connectivity index (χ1) is 11.7. The van der Waals surface area contributed by atoms with Gasteiger partial charge in [-0.2, -0.15) is 0 Å². The number of hydrogen-bond donors (Lipinski definition) is 1. The average Bonchev–Trinajstić information content (AvgIpc) is 3.05. The fraction of sp³-hybridized carbons (Fsp3) is 0.474. The van der Waals surface area contributed by atoms with E-state index >= 15 is 0 Å². The van der Waals surface area contributed by atoms with Crippen LogP contribution in [0.3, 0.4) is 0 Å². The van der Waals surface area contributed by atoms with E-state index in [0.717, 1.165) is 49.4 Å². The van der Waals surface area contributed by atoms with Crippen LogP contribution in [0, 0.1) is 5.41 Å². The highest BCUT2D eigenvalue weighted by molar-refractivity contribution is 5.83. The summed E-state index contributed by atoms with van der Waals surface area (Å²) in [7, 11) is 0. The van der Waals surface area contributed by atoms with Gasteiger partial charge in [0.2, 0.25) is 11.8 Å². The maximum Gasteiger partial charge on any atom is 0.230 e. The maximum atomic E-state index is 13.0. The van der Waals surface area contributed by atoms with Crippen LogP contribution in [0.15, 0.2) is 34.7 Å². The molecule has 1 unspecified atom stereocenters. The molecule has 0 aliphatic carbocycles. The Balaban J connectivity index is 1.53. The Bertz CT molecular complexity index is 732. The fourth-order valence-corrected chi connectivity index (χ4v) is 3.70. The normalized spacial score (nSPS) is 23.8. The fourth-order valence-electron chi connectivity index (χ4n) is 3.70. The van der Waals surface area contributed by atoms with Crippen LogP contribution in [-0.2, 0) is 17.8 Å². The lowest BCUT2D eigenvalue weighted by Crippen LogP contribution is -2.51. The monoisotopic (exact) mass is 325 g/mol. The van der Waals surface area contributed by atoms with Crippen molar-refractivity contribution in [3.63, 3.8) is 0 Å². The van der Waals surface area contributed by atoms with Gasteiger partial charge in [0, 0.05) is 25.1 Å². The second-order valence-corrected chi connectivity index (χ2v) is 7.07. The van der Waals surface area contributed by atoms with Crippen molar-refractivity contribution in [2.24, 2.45) is 5.41 Å². The molecular weight excluding hydrogens is 302 g/mol. The minimum absolute atomic E-state index is 0.240. The SMILES string of the molecule is CC1(C(=O)N2CCc3oc(-c4ccccc4)nc3C2)CCCNC1. The minimum Gasteiger partial charge on any atom is -0.441 e. The van der Waals surface area contributed by atoms with E-state index in [2.05, 4.69) is 17.2 Å². The van der Waals surface area contributed by atoms with Crippen molar-refractivity contribution in [2.45, 2.75) is 32.7 Å². The molecule has 0 bridgehead atoms. The van der Waals surface area contributed by atoms with Gasteiger partial charge in [0.15, 0.2) is 0 Å². The zero-order chi connectivity index (χ0) is 16.6. The molecule has 24 heavy (non-hydrogen) atoms. The van der Waals surface area contributed by atoms with E-state index in [-0.39, 0.29) is 11.3 Å². The predicted molar refractivity (Wildman–Crippen MR) is 91.3 cm³/mol. The summed E-state index contributed by atoms with van der Waals surface area (Å²) in [6.07, 6.45) is 2.75. The predicted octanol–water partition coefficient (Wildman–Crippen LogP) is 2.62. The zero-order valence-corrected chi connectivity index (χ0v) is 14.0. The third-order valence-electron chi connectivity index (χ3n) is 5.15. The number of oxazole rings is 1. The summed E-state index contributed by atoms with van der Waals surface area (Å²) < 4.78 is 5.93. The van der Waals surface area contributed by atoms with E-state index in [1.54, 1.807) is 0 Å². The van der Waals surface area contributed by atoms with Crippen LogP contribution in [0.25, 0.3) is 11.5 Å². The second kappa shape index (κ2) is 6.06. The van der Waals surface area contributed by atoms with Crippen molar-refractivity contribution >= 4 is 5.91 Å². The number of aromatic nitrogens is 1. The van der Waals surface area contributed by atoms with Crippen LogP contribution < -0.4 is 5.32 Å². The molecule has 1 atom stereocenters. The Morgan fingerprint density at radius 2 is 2.17 bits per heavy atom. The molecule has 2 aliphatic rings. The molecule has 3 heterocycles. The van der Waals surface area contributed by atoms with E-state index in [9.17, 15) is 4.79 Å². The first kappa shape index (κ1) is 15.4. The van der Waals surface area contributed by atoms with Crippen LogP contribution in [0.4, 0.5) is 0 Å². The summed E-state index contributed by atoms with van der Waals surface area (Å²) in [6, 6.07) is 9.92. The highest BCUT2D eigenvalue weighted by Gasteiger charge is 2.39. The molecular formula is C19H23N3O2. The molecule has 126 valence electrons. The number of nitrogens with zero attached hydrogens (tertiary/aromatic N) is 2. The number of carbonyl (C=O) groups excluding carboxylic acids is 1. The molecule has 1 N–H and O–H groups in total. The lowest BCUT2D eigenvalue weighted by Gasteiger charge is -2.38. The Morgan fingerprint density at radius 3 is 2.92 bits per heavy atom. The van der Waals surface area contributed by atoms with Gasteiger partial charge in [0.1, 0.15) is 11.5 Å². The van der Waals surface area contributed by atoms with Crippen molar-refractivity contribution < 1.29 is 9.21 Å². The van der Waals surface area contributed by atoms with E-state index in [1.165, 1.54) is 0 Å². The van der Waals surface area contributed by atoms with Gasteiger partial charge >= 0.3 is 0 Å². The molecule has 4 rings (SSSR count). The van der Waals surface area contributed by atoms with Gasteiger partial charge in [-0.25, -0.2) is 4.98 Å². The van der Waals surface area contributed by atoms with Crippen LogP contribution in [-0.4, -0.2) is 35.4 Å². The van der Waals surface area contributed by atoms with Crippen LogP contribution in [0.5, 0.6) is 0 Å². The van der Waals surface area contributed by atoms with Gasteiger partial charge in [-0.15, -0.1) is 0 Å². The van der Waals surface area contributed by atoms with Crippen molar-refractivity contribution in [3.8, 4) is 11.5 Å². The molecule has 1 amide bonds. The Kier molecular flexibility index (Phi) is 3.88. The Morgan fingerprint density at radius 1 is 1.33 bits per heavy atom. The molecule has 1 aromatic carbocycles. The number of hydrogen-bond acceptors (Lipinski definition) is 4. The Labute approximate surface area is 142 Å². The number of rotatable bonds is 2. The van der Waals surface area contributed by atoms with Gasteiger partial charge in [-0.3, -0.25) is 4.79 Å². The lowest BCUT2D eigenvalue weighted by atomic mass is 9.81. The van der Waals surface area contributed by atoms with E-state index in [4.69, 9.17) is 4.42 Å². The van der Waals surface area contributed by atoms with Crippen molar-refractivity contribution in [2.75, 3.05) is 19.6 Å². The van der Waals surface area contributed by atoms with Crippen molar-refractivity contribution in [3.05, 3.63) is 41.8 Å². The molecule has 0 radical (unpaired) electrons. The lowest BCUT2D eigenvalue weighted by molar-refractivity contribution is -0.143. The number of benzene rings is 1. The summed E-state index contributed by atoms with van der Waals surface area (Å²) in [5.41, 5.74) is 1.59. The van der Waals surface area contributed by atoms with Gasteiger partial charge in [0.25, 0.3) is 0 Å². The molecule has 5 nitrogen and oxygen atoms in total. The number of carbonyl (C=O) groups is 1. The molecule has 5 heteroatoms. The van der Waals surface area contributed by atoms with Gasteiger partial charge < -0.3 is 14.6 Å². The van der Waals surface area contributed by atoms with Gasteiger partial charge in [0.05, 0.1) is 12.0 Å². The van der Waals surface area contributed by atoms with Crippen LogP contribution >= 0.6 is 0 Å². The van der Waals surface area contributed by atoms with Crippen LogP contribution in [0.2, 0.25) is 0 Å². The number of piperidine rings is 1. The highest BCUT2D eigenvalue weighted by Crippen LogP contribution is 2.32. The minimum atomic E-state index is -0.290. The summed E-state index contributed by atoms with van der Waals surface area (Å²) in [4.78, 5) is 19.6. The first-order valence-corrected chi connectivity index (χ1v) is 8.70. The smallest absolute Gasteiger partial charge is 0.230 e. The largest absolute Gasteiger partial charge is 0.441 e. The second-order valence-electron chi connectivity index (χ2n) is 7.07. The van der Waals surface area contributed by atoms with Crippen LogP contribution in [0.1, 0.15) is 31.2 Å². The summed E-state index contributed by atoms with van der Waals surface area (Å²) in [6.45, 7) is 5.13. The van der Waals surface area contributed by atoms with E-state index in [1.807, 2.05) is 35.2 Å². The summed E-state index contributed by atoms with van der Waals surface area (Å²) in [5, 5.41) is 3.36. The van der Waals surface area contributed by atoms with E-state index in [0.29, 0.717) is 19.0 Å². The standard InChI is InChI=1S/C19H23N3O2/c1-19(9-5-10-20-13-19)18(23)22-11-8-16-15(12-22)21-17(24-16)14-6-3-2-4-7-14/h2-4,6-7,20H,5,8-13H2,1H3. The molecule has 0 saturated carbocycles. The van der Waals surface area contributed by atoms with E-state index < -0.39 is 0 Å². The third kappa shape index (κ3) is 2.73. The summed E-state index contributed by atoms with van der Waals surface area (Å²) in [5.74, 6) is 1.81. The molecule has 1 fully saturated rings. The number of nitrogens with one attached hydrogen (secondary N) is 1. The number of fused-ring (bicyclic) bond motifs is 1. The molecule has 1 saturated heterocycles. The molecule has 2 aliphatic heterocycles. The molecule has 1 aromatic heterocycles. The number of amides is 1. The molecule has 0 spiro atoms. The third-order valence-corrected chi connectivity index (χ3v) is 5.15. The quantitative estimate of drug-likeness (QED) is 0.922. The van der Waals surface area contributed by atoms with Crippen molar-refractivity contribution in [1.29, 1.82) is 0 Å². The first-order valence-electron chi connectivity index (χ1n) is 8.70. The average molecular weight is 325 g/mol. The topological polar surface area (TPSA) is 58.4 Å². The maximum absolute atomic E-state index is 13.0. The zero-order valence-electron chi connectivity index (χ0n) is 14.0. The summed E-state index contributed by atoms with van der Waals surface area (Å²) >= 11 is 0.